The number of methoxy groups -OCH3 is 1. The summed E-state index contributed by atoms with van der Waals surface area (Å²) in [7, 11) is 1.61. The molecule has 1 aliphatic heterocycles. The highest BCUT2D eigenvalue weighted by Gasteiger charge is 2.19. The van der Waals surface area contributed by atoms with Gasteiger partial charge in [-0.2, -0.15) is 0 Å². The predicted octanol–water partition coefficient (Wildman–Crippen LogP) is 3.03. The number of anilines is 1. The zero-order valence-corrected chi connectivity index (χ0v) is 17.6. The summed E-state index contributed by atoms with van der Waals surface area (Å²) in [5.41, 5.74) is 1.83. The van der Waals surface area contributed by atoms with Crippen LogP contribution in [0.1, 0.15) is 24.2 Å². The monoisotopic (exact) mass is 397 g/mol. The van der Waals surface area contributed by atoms with E-state index in [0.717, 1.165) is 26.2 Å². The number of amides is 1. The molecule has 0 spiro atoms. The second kappa shape index (κ2) is 10.2. The average Bonchev–Trinajstić information content (AvgIpc) is 2.77. The van der Waals surface area contributed by atoms with Crippen LogP contribution in [0.3, 0.4) is 0 Å². The average molecular weight is 398 g/mol. The Hall–Kier alpha value is -2.73. The van der Waals surface area contributed by atoms with Crippen molar-refractivity contribution >= 4 is 11.6 Å². The molecule has 0 aromatic heterocycles. The molecule has 1 amide bonds. The molecule has 0 aliphatic carbocycles. The minimum absolute atomic E-state index is 0.0928. The van der Waals surface area contributed by atoms with Crippen molar-refractivity contribution in [3.8, 4) is 11.5 Å². The Morgan fingerprint density at radius 1 is 1.00 bits per heavy atom. The van der Waals surface area contributed by atoms with Crippen molar-refractivity contribution in [3.63, 3.8) is 0 Å². The van der Waals surface area contributed by atoms with E-state index in [1.165, 1.54) is 5.69 Å². The van der Waals surface area contributed by atoms with Gasteiger partial charge in [0.1, 0.15) is 6.61 Å². The number of nitrogens with one attached hydrogen (secondary N) is 1. The topological polar surface area (TPSA) is 54.0 Å². The summed E-state index contributed by atoms with van der Waals surface area (Å²) in [6, 6.07) is 15.9. The van der Waals surface area contributed by atoms with Gasteiger partial charge < -0.3 is 19.7 Å². The van der Waals surface area contributed by atoms with Crippen LogP contribution in [0.5, 0.6) is 11.5 Å². The third-order valence-corrected chi connectivity index (χ3v) is 5.25. The zero-order valence-electron chi connectivity index (χ0n) is 17.6. The fourth-order valence-electron chi connectivity index (χ4n) is 3.49. The fourth-order valence-corrected chi connectivity index (χ4v) is 3.49. The van der Waals surface area contributed by atoms with E-state index in [1.54, 1.807) is 7.11 Å². The van der Waals surface area contributed by atoms with Crippen LogP contribution in [0.4, 0.5) is 5.69 Å². The standard InChI is InChI=1S/C23H31N3O3/c1-18(2)25-13-15-26(16-14-25)20-10-8-19(9-11-20)23(27)24-12-17-29-22-7-5-4-6-21(22)28-3/h4-11,18H,12-17H2,1-3H3,(H,24,27). The number of benzene rings is 2. The quantitative estimate of drug-likeness (QED) is 0.694. The van der Waals surface area contributed by atoms with Crippen molar-refractivity contribution < 1.29 is 14.3 Å². The third kappa shape index (κ3) is 5.64. The Morgan fingerprint density at radius 2 is 1.66 bits per heavy atom. The molecule has 0 saturated carbocycles. The summed E-state index contributed by atoms with van der Waals surface area (Å²) in [6.45, 7) is 9.47. The second-order valence-corrected chi connectivity index (χ2v) is 7.42. The van der Waals surface area contributed by atoms with Crippen molar-refractivity contribution in [2.24, 2.45) is 0 Å². The molecule has 0 bridgehead atoms. The van der Waals surface area contributed by atoms with Crippen molar-refractivity contribution in [1.82, 2.24) is 10.2 Å². The largest absolute Gasteiger partial charge is 0.493 e. The molecule has 1 N–H and O–H groups in total. The lowest BCUT2D eigenvalue weighted by Gasteiger charge is -2.38. The predicted molar refractivity (Wildman–Crippen MR) is 116 cm³/mol. The van der Waals surface area contributed by atoms with Crippen LogP contribution >= 0.6 is 0 Å². The summed E-state index contributed by atoms with van der Waals surface area (Å²) in [6.07, 6.45) is 0. The molecule has 2 aromatic carbocycles. The number of carbonyl (C=O) groups is 1. The van der Waals surface area contributed by atoms with Gasteiger partial charge in [0.05, 0.1) is 13.7 Å². The van der Waals surface area contributed by atoms with Crippen LogP contribution in [0.25, 0.3) is 0 Å². The normalized spacial score (nSPS) is 14.7. The molecule has 1 aliphatic rings. The van der Waals surface area contributed by atoms with E-state index in [1.807, 2.05) is 48.5 Å². The molecule has 1 fully saturated rings. The molecule has 0 radical (unpaired) electrons. The summed E-state index contributed by atoms with van der Waals surface area (Å²) >= 11 is 0. The summed E-state index contributed by atoms with van der Waals surface area (Å²) in [4.78, 5) is 17.2. The molecule has 156 valence electrons. The first kappa shape index (κ1) is 21.0. The van der Waals surface area contributed by atoms with Gasteiger partial charge in [-0.1, -0.05) is 12.1 Å². The maximum Gasteiger partial charge on any atom is 0.251 e. The van der Waals surface area contributed by atoms with Gasteiger partial charge in [-0.15, -0.1) is 0 Å². The van der Waals surface area contributed by atoms with Gasteiger partial charge in [-0.3, -0.25) is 9.69 Å². The lowest BCUT2D eigenvalue weighted by atomic mass is 10.1. The van der Waals surface area contributed by atoms with E-state index >= 15 is 0 Å². The van der Waals surface area contributed by atoms with Crippen LogP contribution in [0.15, 0.2) is 48.5 Å². The first-order valence-corrected chi connectivity index (χ1v) is 10.2. The molecular weight excluding hydrogens is 366 g/mol. The van der Waals surface area contributed by atoms with Gasteiger partial charge in [-0.05, 0) is 50.2 Å². The molecule has 1 saturated heterocycles. The summed E-state index contributed by atoms with van der Waals surface area (Å²) < 4.78 is 10.9. The zero-order chi connectivity index (χ0) is 20.6. The Bertz CT molecular complexity index is 784. The van der Waals surface area contributed by atoms with Crippen LogP contribution in [0.2, 0.25) is 0 Å². The first-order valence-electron chi connectivity index (χ1n) is 10.2. The van der Waals surface area contributed by atoms with Crippen molar-refractivity contribution in [2.75, 3.05) is 51.3 Å². The van der Waals surface area contributed by atoms with E-state index in [4.69, 9.17) is 9.47 Å². The maximum absolute atomic E-state index is 12.4. The number of piperazine rings is 1. The smallest absolute Gasteiger partial charge is 0.251 e. The molecule has 6 heteroatoms. The molecule has 2 aromatic rings. The molecule has 0 unspecified atom stereocenters. The summed E-state index contributed by atoms with van der Waals surface area (Å²) in [5, 5.41) is 2.90. The number of para-hydroxylation sites is 2. The van der Waals surface area contributed by atoms with Crippen LogP contribution in [0, 0.1) is 0 Å². The number of hydrogen-bond donors (Lipinski definition) is 1. The van der Waals surface area contributed by atoms with E-state index < -0.39 is 0 Å². The van der Waals surface area contributed by atoms with Gasteiger partial charge in [-0.25, -0.2) is 0 Å². The van der Waals surface area contributed by atoms with E-state index in [-0.39, 0.29) is 5.91 Å². The van der Waals surface area contributed by atoms with E-state index in [9.17, 15) is 4.79 Å². The van der Waals surface area contributed by atoms with Crippen molar-refractivity contribution in [1.29, 1.82) is 0 Å². The number of rotatable bonds is 8. The minimum Gasteiger partial charge on any atom is -0.493 e. The van der Waals surface area contributed by atoms with Gasteiger partial charge >= 0.3 is 0 Å². The lowest BCUT2D eigenvalue weighted by molar-refractivity contribution is 0.0947. The molecule has 3 rings (SSSR count). The summed E-state index contributed by atoms with van der Waals surface area (Å²) in [5.74, 6) is 1.26. The highest BCUT2D eigenvalue weighted by Crippen LogP contribution is 2.25. The third-order valence-electron chi connectivity index (χ3n) is 5.25. The molecule has 1 heterocycles. The van der Waals surface area contributed by atoms with Crippen molar-refractivity contribution in [2.45, 2.75) is 19.9 Å². The molecule has 29 heavy (non-hydrogen) atoms. The highest BCUT2D eigenvalue weighted by atomic mass is 16.5. The maximum atomic E-state index is 12.4. The van der Waals surface area contributed by atoms with Gasteiger partial charge in [0.2, 0.25) is 0 Å². The van der Waals surface area contributed by atoms with Crippen molar-refractivity contribution in [3.05, 3.63) is 54.1 Å². The van der Waals surface area contributed by atoms with Crippen LogP contribution in [-0.4, -0.2) is 63.3 Å². The lowest BCUT2D eigenvalue weighted by Crippen LogP contribution is -2.48. The Morgan fingerprint density at radius 3 is 2.28 bits per heavy atom. The first-order chi connectivity index (χ1) is 14.1. The van der Waals surface area contributed by atoms with Gasteiger partial charge in [0, 0.05) is 43.5 Å². The van der Waals surface area contributed by atoms with E-state index in [2.05, 4.69) is 29.0 Å². The second-order valence-electron chi connectivity index (χ2n) is 7.42. The number of ether oxygens (including phenoxy) is 2. The van der Waals surface area contributed by atoms with Gasteiger partial charge in [0.15, 0.2) is 11.5 Å². The fraction of sp³-hybridized carbons (Fsp3) is 0.435. The van der Waals surface area contributed by atoms with E-state index in [0.29, 0.717) is 36.3 Å². The number of hydrogen-bond acceptors (Lipinski definition) is 5. The van der Waals surface area contributed by atoms with Gasteiger partial charge in [0.25, 0.3) is 5.91 Å². The number of carbonyl (C=O) groups excluding carboxylic acids is 1. The Labute approximate surface area is 173 Å². The highest BCUT2D eigenvalue weighted by molar-refractivity contribution is 5.94. The Kier molecular flexibility index (Phi) is 7.36. The van der Waals surface area contributed by atoms with Crippen LogP contribution in [-0.2, 0) is 0 Å². The molecular formula is C23H31N3O3. The SMILES string of the molecule is COc1ccccc1OCCNC(=O)c1ccc(N2CCN(C(C)C)CC2)cc1. The molecule has 0 atom stereocenters. The minimum atomic E-state index is -0.0928. The molecule has 6 nitrogen and oxygen atoms in total. The van der Waals surface area contributed by atoms with Crippen LogP contribution < -0.4 is 19.7 Å². The Balaban J connectivity index is 1.44. The number of nitrogens with zero attached hydrogens (tertiary/aromatic N) is 2.